The van der Waals surface area contributed by atoms with E-state index < -0.39 is 5.79 Å². The van der Waals surface area contributed by atoms with Crippen LogP contribution < -0.4 is 0 Å². The Hall–Kier alpha value is -2.11. The number of likely N-dealkylation sites (tertiary alicyclic amines) is 1. The summed E-state index contributed by atoms with van der Waals surface area (Å²) in [7, 11) is 0. The van der Waals surface area contributed by atoms with Gasteiger partial charge in [0, 0.05) is 38.2 Å². The molecular weight excluding hydrogens is 376 g/mol. The van der Waals surface area contributed by atoms with Crippen molar-refractivity contribution >= 4 is 5.91 Å². The third-order valence-electron chi connectivity index (χ3n) is 7.13. The fraction of sp³-hybridized carbons (Fsp3) is 0.560. The van der Waals surface area contributed by atoms with E-state index in [9.17, 15) is 4.79 Å². The number of hydrogen-bond donors (Lipinski definition) is 0. The molecule has 160 valence electrons. The average Bonchev–Trinajstić information content (AvgIpc) is 3.33. The van der Waals surface area contributed by atoms with Gasteiger partial charge in [0.05, 0.1) is 13.2 Å². The van der Waals surface area contributed by atoms with Gasteiger partial charge in [-0.3, -0.25) is 4.79 Å². The van der Waals surface area contributed by atoms with Crippen molar-refractivity contribution in [2.75, 3.05) is 26.3 Å². The molecule has 1 aromatic heterocycles. The summed E-state index contributed by atoms with van der Waals surface area (Å²) < 4.78 is 14.0. The van der Waals surface area contributed by atoms with Crippen LogP contribution in [0.1, 0.15) is 64.1 Å². The topological polar surface area (TPSA) is 43.7 Å². The van der Waals surface area contributed by atoms with Gasteiger partial charge in [-0.2, -0.15) is 0 Å². The fourth-order valence-corrected chi connectivity index (χ4v) is 5.38. The van der Waals surface area contributed by atoms with Crippen LogP contribution >= 0.6 is 0 Å². The number of hydrogen-bond acceptors (Lipinski definition) is 3. The quantitative estimate of drug-likeness (QED) is 0.771. The number of ether oxygens (including phenoxy) is 2. The lowest BCUT2D eigenvalue weighted by Crippen LogP contribution is -2.47. The SMILES string of the molecule is Cc1ccc(Cn2c3c(c(C)c2C(=O)N2CCC4(CC2)OCCO4)CCCC3)cc1. The minimum absolute atomic E-state index is 0.168. The van der Waals surface area contributed by atoms with Crippen molar-refractivity contribution in [3.8, 4) is 0 Å². The highest BCUT2D eigenvalue weighted by Crippen LogP contribution is 2.34. The minimum Gasteiger partial charge on any atom is -0.347 e. The summed E-state index contributed by atoms with van der Waals surface area (Å²) in [5, 5.41) is 0. The molecule has 0 radical (unpaired) electrons. The van der Waals surface area contributed by atoms with Crippen LogP contribution in [-0.2, 0) is 28.9 Å². The summed E-state index contributed by atoms with van der Waals surface area (Å²) in [4.78, 5) is 15.7. The first kappa shape index (κ1) is 19.8. The standard InChI is InChI=1S/C25H32N2O3/c1-18-7-9-20(10-8-18)17-27-22-6-4-3-5-21(22)19(2)23(27)24(28)26-13-11-25(12-14-26)29-15-16-30-25/h7-10H,3-6,11-17H2,1-2H3. The lowest BCUT2D eigenvalue weighted by molar-refractivity contribution is -0.181. The summed E-state index contributed by atoms with van der Waals surface area (Å²) in [5.41, 5.74) is 7.39. The predicted molar refractivity (Wildman–Crippen MR) is 116 cm³/mol. The second-order valence-electron chi connectivity index (χ2n) is 9.08. The first-order valence-corrected chi connectivity index (χ1v) is 11.4. The summed E-state index contributed by atoms with van der Waals surface area (Å²) in [6, 6.07) is 8.69. The third kappa shape index (κ3) is 3.48. The fourth-order valence-electron chi connectivity index (χ4n) is 5.38. The highest BCUT2D eigenvalue weighted by molar-refractivity contribution is 5.95. The first-order valence-electron chi connectivity index (χ1n) is 11.4. The smallest absolute Gasteiger partial charge is 0.270 e. The second kappa shape index (κ2) is 7.86. The molecule has 2 saturated heterocycles. The lowest BCUT2D eigenvalue weighted by atomic mass is 9.95. The number of aromatic nitrogens is 1. The average molecular weight is 409 g/mol. The van der Waals surface area contributed by atoms with E-state index in [0.29, 0.717) is 26.3 Å². The van der Waals surface area contributed by atoms with Crippen LogP contribution in [0, 0.1) is 13.8 Å². The van der Waals surface area contributed by atoms with Gasteiger partial charge in [-0.1, -0.05) is 29.8 Å². The Labute approximate surface area is 179 Å². The van der Waals surface area contributed by atoms with Crippen LogP contribution in [0.2, 0.25) is 0 Å². The number of amides is 1. The van der Waals surface area contributed by atoms with Gasteiger partial charge in [0.1, 0.15) is 5.69 Å². The largest absolute Gasteiger partial charge is 0.347 e. The van der Waals surface area contributed by atoms with Gasteiger partial charge >= 0.3 is 0 Å². The molecule has 3 heterocycles. The molecule has 5 rings (SSSR count). The van der Waals surface area contributed by atoms with Crippen molar-refractivity contribution in [2.45, 2.75) is 64.7 Å². The first-order chi connectivity index (χ1) is 14.6. The number of nitrogens with zero attached hydrogens (tertiary/aromatic N) is 2. The summed E-state index contributed by atoms with van der Waals surface area (Å²) in [6.45, 7) is 7.75. The Bertz CT molecular complexity index is 928. The molecular formula is C25H32N2O3. The number of aryl methyl sites for hydroxylation is 1. The third-order valence-corrected chi connectivity index (χ3v) is 7.13. The Morgan fingerprint density at radius 3 is 2.37 bits per heavy atom. The molecule has 2 aromatic rings. The zero-order valence-corrected chi connectivity index (χ0v) is 18.2. The van der Waals surface area contributed by atoms with Crippen molar-refractivity contribution in [3.05, 3.63) is 57.9 Å². The van der Waals surface area contributed by atoms with Gasteiger partial charge in [0.2, 0.25) is 0 Å². The van der Waals surface area contributed by atoms with Gasteiger partial charge in [-0.05, 0) is 56.2 Å². The molecule has 5 nitrogen and oxygen atoms in total. The molecule has 0 bridgehead atoms. The van der Waals surface area contributed by atoms with E-state index in [2.05, 4.69) is 42.7 Å². The Kier molecular flexibility index (Phi) is 5.19. The second-order valence-corrected chi connectivity index (χ2v) is 9.08. The number of carbonyl (C=O) groups excluding carboxylic acids is 1. The number of fused-ring (bicyclic) bond motifs is 1. The molecule has 1 spiro atoms. The Morgan fingerprint density at radius 2 is 1.67 bits per heavy atom. The van der Waals surface area contributed by atoms with Gasteiger partial charge in [0.15, 0.2) is 5.79 Å². The molecule has 0 atom stereocenters. The number of rotatable bonds is 3. The van der Waals surface area contributed by atoms with E-state index in [0.717, 1.165) is 37.9 Å². The molecule has 2 fully saturated rings. The molecule has 0 unspecified atom stereocenters. The minimum atomic E-state index is -0.449. The molecule has 5 heteroatoms. The maximum Gasteiger partial charge on any atom is 0.270 e. The van der Waals surface area contributed by atoms with Crippen LogP contribution in [0.4, 0.5) is 0 Å². The molecule has 1 amide bonds. The molecule has 0 saturated carbocycles. The number of carbonyl (C=O) groups is 1. The summed E-state index contributed by atoms with van der Waals surface area (Å²) >= 11 is 0. The van der Waals surface area contributed by atoms with Gasteiger partial charge in [0.25, 0.3) is 5.91 Å². The molecule has 1 aliphatic carbocycles. The van der Waals surface area contributed by atoms with Gasteiger partial charge < -0.3 is 18.9 Å². The van der Waals surface area contributed by atoms with E-state index in [1.54, 1.807) is 0 Å². The van der Waals surface area contributed by atoms with Crippen LogP contribution in [0.3, 0.4) is 0 Å². The zero-order chi connectivity index (χ0) is 20.7. The highest BCUT2D eigenvalue weighted by Gasteiger charge is 2.41. The van der Waals surface area contributed by atoms with Crippen LogP contribution in [0.5, 0.6) is 0 Å². The Morgan fingerprint density at radius 1 is 1.00 bits per heavy atom. The van der Waals surface area contributed by atoms with Crippen LogP contribution in [0.15, 0.2) is 24.3 Å². The lowest BCUT2D eigenvalue weighted by Gasteiger charge is -2.37. The van der Waals surface area contributed by atoms with Crippen LogP contribution in [-0.4, -0.2) is 47.5 Å². The summed E-state index contributed by atoms with van der Waals surface area (Å²) in [5.74, 6) is -0.281. The summed E-state index contributed by atoms with van der Waals surface area (Å²) in [6.07, 6.45) is 6.11. The van der Waals surface area contributed by atoms with E-state index in [-0.39, 0.29) is 5.91 Å². The molecule has 2 aliphatic heterocycles. The maximum atomic E-state index is 13.7. The van der Waals surface area contributed by atoms with Crippen LogP contribution in [0.25, 0.3) is 0 Å². The molecule has 0 N–H and O–H groups in total. The highest BCUT2D eigenvalue weighted by atomic mass is 16.7. The van der Waals surface area contributed by atoms with Crippen molar-refractivity contribution < 1.29 is 14.3 Å². The van der Waals surface area contributed by atoms with Crippen molar-refractivity contribution in [3.63, 3.8) is 0 Å². The monoisotopic (exact) mass is 408 g/mol. The maximum absolute atomic E-state index is 13.7. The van der Waals surface area contributed by atoms with E-state index in [1.807, 2.05) is 4.90 Å². The molecule has 30 heavy (non-hydrogen) atoms. The number of benzene rings is 1. The number of piperidine rings is 1. The normalized spacial score (nSPS) is 20.5. The van der Waals surface area contributed by atoms with Crippen molar-refractivity contribution in [2.24, 2.45) is 0 Å². The van der Waals surface area contributed by atoms with Gasteiger partial charge in [-0.15, -0.1) is 0 Å². The van der Waals surface area contributed by atoms with E-state index in [4.69, 9.17) is 9.47 Å². The van der Waals surface area contributed by atoms with E-state index >= 15 is 0 Å². The van der Waals surface area contributed by atoms with Crippen molar-refractivity contribution in [1.82, 2.24) is 9.47 Å². The predicted octanol–water partition coefficient (Wildman–Crippen LogP) is 4.01. The van der Waals surface area contributed by atoms with Crippen molar-refractivity contribution in [1.29, 1.82) is 0 Å². The molecule has 1 aromatic carbocycles. The Balaban J connectivity index is 1.45. The van der Waals surface area contributed by atoms with E-state index in [1.165, 1.54) is 40.8 Å². The van der Waals surface area contributed by atoms with Gasteiger partial charge in [-0.25, -0.2) is 0 Å². The zero-order valence-electron chi connectivity index (χ0n) is 18.2. The molecule has 3 aliphatic rings.